The second-order valence-electron chi connectivity index (χ2n) is 10.7. The second-order valence-corrected chi connectivity index (χ2v) is 12.9. The van der Waals surface area contributed by atoms with E-state index in [2.05, 4.69) is 46.0 Å². The Balaban J connectivity index is 1.59. The van der Waals surface area contributed by atoms with Crippen LogP contribution >= 0.6 is 0 Å². The zero-order chi connectivity index (χ0) is 28.2. The molecule has 1 aliphatic carbocycles. The molecule has 39 heavy (non-hydrogen) atoms. The molecule has 3 aromatic heterocycles. The first kappa shape index (κ1) is 26.9. The largest absolute Gasteiger partial charge is 0.259 e. The third-order valence-corrected chi connectivity index (χ3v) is 9.01. The van der Waals surface area contributed by atoms with Crippen LogP contribution in [0.1, 0.15) is 62.8 Å². The molecule has 204 valence electrons. The van der Waals surface area contributed by atoms with Crippen molar-refractivity contribution in [3.8, 4) is 17.1 Å². The van der Waals surface area contributed by atoms with E-state index in [1.165, 1.54) is 35.5 Å². The Morgan fingerprint density at radius 3 is 2.46 bits per heavy atom. The first-order chi connectivity index (χ1) is 18.4. The van der Waals surface area contributed by atoms with Crippen molar-refractivity contribution in [3.63, 3.8) is 0 Å². The van der Waals surface area contributed by atoms with Gasteiger partial charge in [-0.05, 0) is 48.4 Å². The number of halogens is 2. The molecule has 0 aliphatic heterocycles. The van der Waals surface area contributed by atoms with Crippen molar-refractivity contribution in [3.05, 3.63) is 77.4 Å². The molecule has 9 nitrogen and oxygen atoms in total. The molecule has 5 rings (SSSR count). The summed E-state index contributed by atoms with van der Waals surface area (Å²) < 4.78 is 53.7. The Morgan fingerprint density at radius 1 is 1.08 bits per heavy atom. The molecule has 0 fully saturated rings. The van der Waals surface area contributed by atoms with Crippen LogP contribution < -0.4 is 0 Å². The molecule has 3 heterocycles. The number of nitrogens with zero attached hydrogens (tertiary/aromatic N) is 7. The molecular formula is C27H29F2N7O2S. The van der Waals surface area contributed by atoms with E-state index in [-0.39, 0.29) is 29.3 Å². The number of hydrogen-bond acceptors (Lipinski definition) is 8. The van der Waals surface area contributed by atoms with Gasteiger partial charge >= 0.3 is 0 Å². The normalized spacial score (nSPS) is 20.2. The average Bonchev–Trinajstić information content (AvgIpc) is 3.42. The number of rotatable bonds is 7. The van der Waals surface area contributed by atoms with Gasteiger partial charge in [0.05, 0.1) is 40.0 Å². The van der Waals surface area contributed by atoms with Gasteiger partial charge in [-0.2, -0.15) is 5.10 Å². The zero-order valence-electron chi connectivity index (χ0n) is 22.4. The van der Waals surface area contributed by atoms with E-state index >= 15 is 0 Å². The smallest absolute Gasteiger partial charge is 0.173 e. The first-order valence-corrected chi connectivity index (χ1v) is 14.7. The van der Waals surface area contributed by atoms with Crippen LogP contribution in [0.25, 0.3) is 17.1 Å². The van der Waals surface area contributed by atoms with Crippen LogP contribution in [0.3, 0.4) is 0 Å². The minimum atomic E-state index is -3.15. The fourth-order valence-corrected chi connectivity index (χ4v) is 6.21. The second kappa shape index (κ2) is 9.51. The van der Waals surface area contributed by atoms with E-state index in [0.717, 1.165) is 12.0 Å². The highest BCUT2D eigenvalue weighted by atomic mass is 32.2. The number of hydrogen-bond donors (Lipinski definition) is 0. The van der Waals surface area contributed by atoms with Crippen LogP contribution in [0.15, 0.2) is 43.0 Å². The standard InChI is InChI=1S/C27H29F2N7O2S/c1-6-17-16-12-20(24-18(28)8-7-9-19(24)29)33-34-25(16)27(4,26(17,2)3)21-13-30-14-23(32-21)36-15-31-22(35-36)10-11-39(5,37)38/h7-9,12-15,17H,6,10-11H2,1-5H3/t17-,27-/m0/s1. The average molecular weight is 554 g/mol. The van der Waals surface area contributed by atoms with Gasteiger partial charge in [-0.3, -0.25) is 4.98 Å². The van der Waals surface area contributed by atoms with Gasteiger partial charge in [0.1, 0.15) is 27.8 Å². The Labute approximate surface area is 225 Å². The summed E-state index contributed by atoms with van der Waals surface area (Å²) >= 11 is 0. The van der Waals surface area contributed by atoms with Crippen molar-refractivity contribution in [1.82, 2.24) is 34.9 Å². The lowest BCUT2D eigenvalue weighted by atomic mass is 9.62. The fourth-order valence-electron chi connectivity index (χ4n) is 5.66. The van der Waals surface area contributed by atoms with Gasteiger partial charge in [0.2, 0.25) is 0 Å². The number of aromatic nitrogens is 7. The summed E-state index contributed by atoms with van der Waals surface area (Å²) in [6, 6.07) is 5.47. The topological polar surface area (TPSA) is 116 Å². The van der Waals surface area contributed by atoms with Crippen molar-refractivity contribution >= 4 is 9.84 Å². The highest BCUT2D eigenvalue weighted by molar-refractivity contribution is 7.90. The maximum Gasteiger partial charge on any atom is 0.173 e. The molecule has 2 atom stereocenters. The molecule has 1 aliphatic rings. The molecular weight excluding hydrogens is 524 g/mol. The Hall–Kier alpha value is -3.67. The summed E-state index contributed by atoms with van der Waals surface area (Å²) in [4.78, 5) is 13.5. The lowest BCUT2D eigenvalue weighted by Gasteiger charge is -2.40. The van der Waals surface area contributed by atoms with Gasteiger partial charge < -0.3 is 0 Å². The summed E-state index contributed by atoms with van der Waals surface area (Å²) in [5, 5.41) is 13.2. The molecule has 0 saturated heterocycles. The van der Waals surface area contributed by atoms with Crippen LogP contribution in [-0.4, -0.2) is 55.4 Å². The lowest BCUT2D eigenvalue weighted by molar-refractivity contribution is 0.188. The number of benzene rings is 1. The number of fused-ring (bicyclic) bond motifs is 1. The van der Waals surface area contributed by atoms with E-state index in [1.807, 2.05) is 6.92 Å². The van der Waals surface area contributed by atoms with Crippen molar-refractivity contribution in [2.75, 3.05) is 12.0 Å². The van der Waals surface area contributed by atoms with E-state index in [0.29, 0.717) is 23.0 Å². The monoisotopic (exact) mass is 553 g/mol. The van der Waals surface area contributed by atoms with Crippen LogP contribution in [0.5, 0.6) is 0 Å². The molecule has 0 radical (unpaired) electrons. The molecule has 0 amide bonds. The maximum absolute atomic E-state index is 14.6. The third kappa shape index (κ3) is 4.50. The molecule has 0 unspecified atom stereocenters. The van der Waals surface area contributed by atoms with E-state index in [9.17, 15) is 17.2 Å². The predicted octanol–water partition coefficient (Wildman–Crippen LogP) is 4.22. The van der Waals surface area contributed by atoms with Crippen LogP contribution in [0, 0.1) is 17.0 Å². The van der Waals surface area contributed by atoms with E-state index in [4.69, 9.17) is 4.98 Å². The van der Waals surface area contributed by atoms with Gasteiger partial charge in [-0.15, -0.1) is 10.2 Å². The predicted molar refractivity (Wildman–Crippen MR) is 141 cm³/mol. The highest BCUT2D eigenvalue weighted by Crippen LogP contribution is 2.61. The van der Waals surface area contributed by atoms with E-state index < -0.39 is 32.3 Å². The summed E-state index contributed by atoms with van der Waals surface area (Å²) in [5.74, 6) is -0.640. The van der Waals surface area contributed by atoms with E-state index in [1.54, 1.807) is 18.5 Å². The zero-order valence-corrected chi connectivity index (χ0v) is 23.2. The van der Waals surface area contributed by atoms with Crippen molar-refractivity contribution in [2.45, 2.75) is 51.9 Å². The molecule has 4 aromatic rings. The van der Waals surface area contributed by atoms with Crippen LogP contribution in [0.4, 0.5) is 8.78 Å². The Kier molecular flexibility index (Phi) is 6.56. The van der Waals surface area contributed by atoms with Crippen LogP contribution in [-0.2, 0) is 21.7 Å². The molecule has 12 heteroatoms. The summed E-state index contributed by atoms with van der Waals surface area (Å²) in [6.45, 7) is 8.35. The summed E-state index contributed by atoms with van der Waals surface area (Å²) in [6.07, 6.45) is 6.84. The van der Waals surface area contributed by atoms with Gasteiger partial charge in [0.15, 0.2) is 11.6 Å². The molecule has 0 N–H and O–H groups in total. The SMILES string of the molecule is CC[C@H]1c2cc(-c3c(F)cccc3F)nnc2[C@](C)(c2cncc(-n3cnc(CCS(C)(=O)=O)n3)n2)C1(C)C. The van der Waals surface area contributed by atoms with Gasteiger partial charge in [-0.1, -0.05) is 26.8 Å². The fraction of sp³-hybridized carbons (Fsp3) is 0.407. The van der Waals surface area contributed by atoms with Gasteiger partial charge in [-0.25, -0.2) is 31.8 Å². The quantitative estimate of drug-likeness (QED) is 0.334. The molecule has 1 aromatic carbocycles. The number of sulfone groups is 1. The maximum atomic E-state index is 14.6. The van der Waals surface area contributed by atoms with Crippen molar-refractivity contribution in [1.29, 1.82) is 0 Å². The highest BCUT2D eigenvalue weighted by Gasteiger charge is 2.58. The molecule has 0 saturated carbocycles. The van der Waals surface area contributed by atoms with Gasteiger partial charge in [0.25, 0.3) is 0 Å². The first-order valence-electron chi connectivity index (χ1n) is 12.6. The van der Waals surface area contributed by atoms with Crippen molar-refractivity contribution in [2.24, 2.45) is 5.41 Å². The Morgan fingerprint density at radius 2 is 1.79 bits per heavy atom. The third-order valence-electron chi connectivity index (χ3n) is 8.06. The van der Waals surface area contributed by atoms with Gasteiger partial charge in [0, 0.05) is 18.9 Å². The van der Waals surface area contributed by atoms with Crippen LogP contribution in [0.2, 0.25) is 0 Å². The number of aryl methyl sites for hydroxylation is 1. The summed E-state index contributed by atoms with van der Waals surface area (Å²) in [7, 11) is -3.15. The molecule has 0 bridgehead atoms. The molecule has 0 spiro atoms. The lowest BCUT2D eigenvalue weighted by Crippen LogP contribution is -2.40. The minimum Gasteiger partial charge on any atom is -0.259 e. The Bertz CT molecular complexity index is 1650. The summed E-state index contributed by atoms with van der Waals surface area (Å²) in [5.41, 5.74) is 0.967. The minimum absolute atomic E-state index is 0.000932. The van der Waals surface area contributed by atoms with Crippen molar-refractivity contribution < 1.29 is 17.2 Å².